The van der Waals surface area contributed by atoms with Gasteiger partial charge in [-0.25, -0.2) is 9.97 Å². The third kappa shape index (κ3) is 4.38. The summed E-state index contributed by atoms with van der Waals surface area (Å²) < 4.78 is 0. The van der Waals surface area contributed by atoms with Crippen molar-refractivity contribution < 1.29 is 4.79 Å². The lowest BCUT2D eigenvalue weighted by atomic mass is 10.2. The maximum atomic E-state index is 11.6. The average molecular weight is 313 g/mol. The zero-order valence-electron chi connectivity index (χ0n) is 11.3. The van der Waals surface area contributed by atoms with E-state index in [1.165, 1.54) is 11.8 Å². The Morgan fingerprint density at radius 2 is 2.35 bits per heavy atom. The molecule has 0 radical (unpaired) electrons. The van der Waals surface area contributed by atoms with Crippen LogP contribution in [0.3, 0.4) is 0 Å². The molecule has 0 aromatic carbocycles. The monoisotopic (exact) mass is 312 g/mol. The molecule has 0 unspecified atom stereocenters. The standard InChI is InChI=1S/C13H17ClN4OS/c1-2-3-4-5-15-11(19)8-20-13-17-10-6-9(14)7-16-12(10)18-13/h6-7H,2-5,8H2,1H3,(H,15,19)(H,16,17,18). The fraction of sp³-hybridized carbons (Fsp3) is 0.462. The molecule has 108 valence electrons. The van der Waals surface area contributed by atoms with Gasteiger partial charge in [-0.2, -0.15) is 0 Å². The molecule has 0 saturated heterocycles. The molecule has 0 aliphatic rings. The number of H-pyrrole nitrogens is 1. The number of nitrogens with one attached hydrogen (secondary N) is 2. The predicted octanol–water partition coefficient (Wildman–Crippen LogP) is 3.01. The van der Waals surface area contributed by atoms with Gasteiger partial charge in [0.25, 0.3) is 0 Å². The third-order valence-corrected chi connectivity index (χ3v) is 3.80. The fourth-order valence-electron chi connectivity index (χ4n) is 1.71. The Labute approximate surface area is 126 Å². The highest BCUT2D eigenvalue weighted by molar-refractivity contribution is 7.99. The minimum absolute atomic E-state index is 0.0255. The first-order chi connectivity index (χ1) is 9.69. The summed E-state index contributed by atoms with van der Waals surface area (Å²) in [5.74, 6) is 0.372. The second kappa shape index (κ2) is 7.50. The Morgan fingerprint density at radius 1 is 1.50 bits per heavy atom. The van der Waals surface area contributed by atoms with Crippen LogP contribution in [0.5, 0.6) is 0 Å². The first-order valence-electron chi connectivity index (χ1n) is 6.60. The number of hydrogen-bond donors (Lipinski definition) is 2. The summed E-state index contributed by atoms with van der Waals surface area (Å²) >= 11 is 7.22. The van der Waals surface area contributed by atoms with E-state index in [1.807, 2.05) is 0 Å². The quantitative estimate of drug-likeness (QED) is 0.609. The number of rotatable bonds is 7. The molecule has 20 heavy (non-hydrogen) atoms. The summed E-state index contributed by atoms with van der Waals surface area (Å²) in [6.45, 7) is 2.88. The van der Waals surface area contributed by atoms with Gasteiger partial charge < -0.3 is 10.3 Å². The largest absolute Gasteiger partial charge is 0.355 e. The van der Waals surface area contributed by atoms with Crippen LogP contribution >= 0.6 is 23.4 Å². The lowest BCUT2D eigenvalue weighted by Crippen LogP contribution is -2.26. The van der Waals surface area contributed by atoms with Crippen molar-refractivity contribution in [2.45, 2.75) is 31.3 Å². The van der Waals surface area contributed by atoms with E-state index < -0.39 is 0 Å². The van der Waals surface area contributed by atoms with Gasteiger partial charge in [0.2, 0.25) is 5.91 Å². The molecule has 0 spiro atoms. The number of imidazole rings is 1. The minimum atomic E-state index is 0.0255. The number of halogens is 1. The minimum Gasteiger partial charge on any atom is -0.355 e. The first kappa shape index (κ1) is 15.1. The van der Waals surface area contributed by atoms with E-state index in [4.69, 9.17) is 11.6 Å². The highest BCUT2D eigenvalue weighted by atomic mass is 35.5. The average Bonchev–Trinajstić information content (AvgIpc) is 2.83. The van der Waals surface area contributed by atoms with Gasteiger partial charge in [-0.15, -0.1) is 0 Å². The van der Waals surface area contributed by atoms with Crippen molar-refractivity contribution >= 4 is 40.4 Å². The molecule has 1 amide bonds. The third-order valence-electron chi connectivity index (χ3n) is 2.72. The van der Waals surface area contributed by atoms with E-state index in [0.717, 1.165) is 31.3 Å². The zero-order chi connectivity index (χ0) is 14.4. The van der Waals surface area contributed by atoms with Crippen molar-refractivity contribution in [1.29, 1.82) is 0 Å². The number of hydrogen-bond acceptors (Lipinski definition) is 4. The summed E-state index contributed by atoms with van der Waals surface area (Å²) in [4.78, 5) is 23.1. The molecule has 2 aromatic rings. The molecule has 2 heterocycles. The van der Waals surface area contributed by atoms with E-state index in [2.05, 4.69) is 27.2 Å². The first-order valence-corrected chi connectivity index (χ1v) is 7.96. The van der Waals surface area contributed by atoms with Gasteiger partial charge >= 0.3 is 0 Å². The SMILES string of the molecule is CCCCCNC(=O)CSc1nc2ncc(Cl)cc2[nH]1. The van der Waals surface area contributed by atoms with Crippen molar-refractivity contribution in [3.05, 3.63) is 17.3 Å². The van der Waals surface area contributed by atoms with Crippen molar-refractivity contribution in [2.24, 2.45) is 0 Å². The molecule has 2 aromatic heterocycles. The number of aromatic nitrogens is 3. The molecular weight excluding hydrogens is 296 g/mol. The number of thioether (sulfide) groups is 1. The number of carbonyl (C=O) groups is 1. The van der Waals surface area contributed by atoms with E-state index in [1.54, 1.807) is 12.3 Å². The van der Waals surface area contributed by atoms with E-state index in [9.17, 15) is 4.79 Å². The van der Waals surface area contributed by atoms with Crippen LogP contribution in [0.25, 0.3) is 11.2 Å². The molecule has 0 bridgehead atoms. The summed E-state index contributed by atoms with van der Waals surface area (Å²) in [5.41, 5.74) is 1.39. The topological polar surface area (TPSA) is 70.7 Å². The van der Waals surface area contributed by atoms with Gasteiger partial charge in [-0.1, -0.05) is 43.1 Å². The van der Waals surface area contributed by atoms with Crippen LogP contribution in [0.4, 0.5) is 0 Å². The van der Waals surface area contributed by atoms with Gasteiger partial charge in [0, 0.05) is 12.7 Å². The Kier molecular flexibility index (Phi) is 5.67. The second-order valence-corrected chi connectivity index (χ2v) is 5.81. The smallest absolute Gasteiger partial charge is 0.230 e. The maximum absolute atomic E-state index is 11.6. The van der Waals surface area contributed by atoms with Crippen LogP contribution in [0.2, 0.25) is 5.02 Å². The van der Waals surface area contributed by atoms with E-state index in [-0.39, 0.29) is 5.91 Å². The number of nitrogens with zero attached hydrogens (tertiary/aromatic N) is 2. The summed E-state index contributed by atoms with van der Waals surface area (Å²) in [6, 6.07) is 1.77. The summed E-state index contributed by atoms with van der Waals surface area (Å²) in [6.07, 6.45) is 4.88. The molecule has 2 N–H and O–H groups in total. The van der Waals surface area contributed by atoms with Crippen molar-refractivity contribution in [3.63, 3.8) is 0 Å². The fourth-order valence-corrected chi connectivity index (χ4v) is 2.57. The molecule has 0 atom stereocenters. The van der Waals surface area contributed by atoms with E-state index >= 15 is 0 Å². The molecule has 0 aliphatic heterocycles. The van der Waals surface area contributed by atoms with Crippen molar-refractivity contribution in [1.82, 2.24) is 20.3 Å². The Balaban J connectivity index is 1.81. The van der Waals surface area contributed by atoms with Crippen LogP contribution in [-0.4, -0.2) is 33.2 Å². The highest BCUT2D eigenvalue weighted by Gasteiger charge is 2.07. The maximum Gasteiger partial charge on any atom is 0.230 e. The number of carbonyl (C=O) groups excluding carboxylic acids is 1. The molecule has 7 heteroatoms. The Hall–Kier alpha value is -1.27. The van der Waals surface area contributed by atoms with Crippen LogP contribution in [0, 0.1) is 0 Å². The number of pyridine rings is 1. The van der Waals surface area contributed by atoms with Crippen molar-refractivity contribution in [2.75, 3.05) is 12.3 Å². The van der Waals surface area contributed by atoms with Gasteiger partial charge in [0.15, 0.2) is 10.8 Å². The lowest BCUT2D eigenvalue weighted by molar-refractivity contribution is -0.118. The molecule has 0 fully saturated rings. The number of fused-ring (bicyclic) bond motifs is 1. The predicted molar refractivity (Wildman–Crippen MR) is 82.2 cm³/mol. The second-order valence-electron chi connectivity index (χ2n) is 4.41. The van der Waals surface area contributed by atoms with Gasteiger partial charge in [0.1, 0.15) is 0 Å². The van der Waals surface area contributed by atoms with Gasteiger partial charge in [0.05, 0.1) is 16.3 Å². The Bertz CT molecular complexity index is 587. The Morgan fingerprint density at radius 3 is 3.15 bits per heavy atom. The van der Waals surface area contributed by atoms with Gasteiger partial charge in [-0.05, 0) is 12.5 Å². The molecule has 2 rings (SSSR count). The van der Waals surface area contributed by atoms with Crippen LogP contribution in [-0.2, 0) is 4.79 Å². The number of aromatic amines is 1. The van der Waals surface area contributed by atoms with Crippen molar-refractivity contribution in [3.8, 4) is 0 Å². The van der Waals surface area contributed by atoms with Gasteiger partial charge in [-0.3, -0.25) is 4.79 Å². The highest BCUT2D eigenvalue weighted by Crippen LogP contribution is 2.20. The molecule has 0 aliphatic carbocycles. The normalized spacial score (nSPS) is 10.9. The van der Waals surface area contributed by atoms with Crippen LogP contribution in [0.1, 0.15) is 26.2 Å². The van der Waals surface area contributed by atoms with E-state index in [0.29, 0.717) is 21.6 Å². The molecule has 0 saturated carbocycles. The number of amides is 1. The van der Waals surface area contributed by atoms with Crippen LogP contribution < -0.4 is 5.32 Å². The summed E-state index contributed by atoms with van der Waals surface area (Å²) in [5, 5.41) is 4.13. The molecule has 5 nitrogen and oxygen atoms in total. The molecular formula is C13H17ClN4OS. The zero-order valence-corrected chi connectivity index (χ0v) is 12.9. The summed E-state index contributed by atoms with van der Waals surface area (Å²) in [7, 11) is 0. The number of unbranched alkanes of at least 4 members (excludes halogenated alkanes) is 2. The lowest BCUT2D eigenvalue weighted by Gasteiger charge is -2.02. The van der Waals surface area contributed by atoms with Crippen LogP contribution in [0.15, 0.2) is 17.4 Å².